The summed E-state index contributed by atoms with van der Waals surface area (Å²) < 4.78 is 0. The van der Waals surface area contributed by atoms with Crippen LogP contribution in [0.25, 0.3) is 0 Å². The van der Waals surface area contributed by atoms with Crippen molar-refractivity contribution in [1.82, 2.24) is 10.2 Å². The van der Waals surface area contributed by atoms with Crippen LogP contribution in [0.15, 0.2) is 12.1 Å². The molecule has 1 atom stereocenters. The molecule has 1 aromatic rings. The molecule has 0 radical (unpaired) electrons. The number of hydrogen-bond donors (Lipinski definition) is 1. The molecule has 0 aliphatic carbocycles. The first-order chi connectivity index (χ1) is 9.31. The molecule has 0 bridgehead atoms. The van der Waals surface area contributed by atoms with Gasteiger partial charge in [0.05, 0.1) is 0 Å². The van der Waals surface area contributed by atoms with Gasteiger partial charge in [0.15, 0.2) is 0 Å². The van der Waals surface area contributed by atoms with Gasteiger partial charge in [-0.15, -0.1) is 11.3 Å². The van der Waals surface area contributed by atoms with E-state index in [4.69, 9.17) is 0 Å². The molecule has 1 unspecified atom stereocenters. The lowest BCUT2D eigenvalue weighted by molar-refractivity contribution is 0.275. The Hall–Kier alpha value is -0.0300. The van der Waals surface area contributed by atoms with Gasteiger partial charge in [-0.2, -0.15) is 11.8 Å². The molecule has 1 fully saturated rings. The lowest BCUT2D eigenvalue weighted by atomic mass is 10.3. The molecule has 2 rings (SSSR count). The van der Waals surface area contributed by atoms with E-state index in [0.29, 0.717) is 0 Å². The molecule has 19 heavy (non-hydrogen) atoms. The Labute approximate surface area is 126 Å². The number of thiophene rings is 1. The molecule has 1 aromatic heterocycles. The number of rotatable bonds is 7. The summed E-state index contributed by atoms with van der Waals surface area (Å²) >= 11 is 4.12. The molecule has 2 nitrogen and oxygen atoms in total. The Bertz CT molecular complexity index is 365. The molecule has 1 aliphatic rings. The summed E-state index contributed by atoms with van der Waals surface area (Å²) in [7, 11) is 0. The highest BCUT2D eigenvalue weighted by Gasteiger charge is 2.19. The predicted molar refractivity (Wildman–Crippen MR) is 88.1 cm³/mol. The quantitative estimate of drug-likeness (QED) is 0.775. The van der Waals surface area contributed by atoms with Gasteiger partial charge in [-0.05, 0) is 31.5 Å². The summed E-state index contributed by atoms with van der Waals surface area (Å²) in [5.74, 6) is 1.30. The van der Waals surface area contributed by atoms with Crippen LogP contribution >= 0.6 is 23.1 Å². The van der Waals surface area contributed by atoms with Crippen LogP contribution < -0.4 is 5.32 Å². The molecule has 2 heterocycles. The van der Waals surface area contributed by atoms with Crippen molar-refractivity contribution in [2.75, 3.05) is 25.4 Å². The van der Waals surface area contributed by atoms with E-state index in [-0.39, 0.29) is 0 Å². The van der Waals surface area contributed by atoms with E-state index in [1.165, 1.54) is 41.4 Å². The standard InChI is InChI=1S/C15H26N2S2/c1-3-7-16-10-14-5-6-15(19-14)12-17-8-9-18-13(4-2)11-17/h5-6,13,16H,3-4,7-12H2,1-2H3. The maximum Gasteiger partial charge on any atom is 0.0328 e. The second-order valence-electron chi connectivity index (χ2n) is 5.18. The van der Waals surface area contributed by atoms with Crippen LogP contribution in [0, 0.1) is 0 Å². The van der Waals surface area contributed by atoms with E-state index in [0.717, 1.165) is 24.9 Å². The first kappa shape index (κ1) is 15.4. The van der Waals surface area contributed by atoms with Crippen LogP contribution in [0.5, 0.6) is 0 Å². The maximum atomic E-state index is 3.48. The van der Waals surface area contributed by atoms with Crippen molar-refractivity contribution in [2.45, 2.75) is 45.0 Å². The second kappa shape index (κ2) is 8.30. The highest BCUT2D eigenvalue weighted by Crippen LogP contribution is 2.24. The van der Waals surface area contributed by atoms with Crippen molar-refractivity contribution in [3.05, 3.63) is 21.9 Å². The number of hydrogen-bond acceptors (Lipinski definition) is 4. The van der Waals surface area contributed by atoms with E-state index < -0.39 is 0 Å². The molecule has 1 aliphatic heterocycles. The van der Waals surface area contributed by atoms with Gasteiger partial charge in [-0.25, -0.2) is 0 Å². The van der Waals surface area contributed by atoms with Crippen LogP contribution in [0.4, 0.5) is 0 Å². The van der Waals surface area contributed by atoms with Crippen molar-refractivity contribution in [3.8, 4) is 0 Å². The number of nitrogens with zero attached hydrogens (tertiary/aromatic N) is 1. The van der Waals surface area contributed by atoms with Gasteiger partial charge in [-0.1, -0.05) is 13.8 Å². The summed E-state index contributed by atoms with van der Waals surface area (Å²) in [6.45, 7) is 10.3. The first-order valence-electron chi connectivity index (χ1n) is 7.44. The van der Waals surface area contributed by atoms with Gasteiger partial charge >= 0.3 is 0 Å². The predicted octanol–water partition coefficient (Wildman–Crippen LogP) is 3.58. The molecular weight excluding hydrogens is 272 g/mol. The summed E-state index contributed by atoms with van der Waals surface area (Å²) in [4.78, 5) is 5.62. The zero-order valence-corrected chi connectivity index (χ0v) is 13.8. The van der Waals surface area contributed by atoms with Gasteiger partial charge in [0.1, 0.15) is 0 Å². The molecule has 108 valence electrons. The SMILES string of the molecule is CCCNCc1ccc(CN2CCSC(CC)C2)s1. The molecule has 0 amide bonds. The van der Waals surface area contributed by atoms with E-state index in [9.17, 15) is 0 Å². The molecule has 1 saturated heterocycles. The van der Waals surface area contributed by atoms with Crippen LogP contribution in [0.1, 0.15) is 36.4 Å². The van der Waals surface area contributed by atoms with Crippen molar-refractivity contribution >= 4 is 23.1 Å². The normalized spacial score (nSPS) is 20.8. The van der Waals surface area contributed by atoms with Crippen LogP contribution in [-0.2, 0) is 13.1 Å². The highest BCUT2D eigenvalue weighted by atomic mass is 32.2. The summed E-state index contributed by atoms with van der Waals surface area (Å²) in [5.41, 5.74) is 0. The third-order valence-electron chi connectivity index (χ3n) is 3.50. The van der Waals surface area contributed by atoms with E-state index in [1.54, 1.807) is 0 Å². The second-order valence-corrected chi connectivity index (χ2v) is 7.84. The summed E-state index contributed by atoms with van der Waals surface area (Å²) in [6, 6.07) is 4.61. The molecule has 1 N–H and O–H groups in total. The molecule has 4 heteroatoms. The largest absolute Gasteiger partial charge is 0.312 e. The Morgan fingerprint density at radius 2 is 2.16 bits per heavy atom. The zero-order valence-electron chi connectivity index (χ0n) is 12.2. The summed E-state index contributed by atoms with van der Waals surface area (Å²) in [5, 5.41) is 4.32. The minimum atomic E-state index is 0.847. The fourth-order valence-corrected chi connectivity index (χ4v) is 4.66. The van der Waals surface area contributed by atoms with Crippen LogP contribution in [0.2, 0.25) is 0 Å². The Morgan fingerprint density at radius 3 is 2.95 bits per heavy atom. The van der Waals surface area contributed by atoms with Crippen molar-refractivity contribution in [2.24, 2.45) is 0 Å². The van der Waals surface area contributed by atoms with Gasteiger partial charge < -0.3 is 5.32 Å². The molecule has 0 saturated carbocycles. The van der Waals surface area contributed by atoms with Gasteiger partial charge in [0, 0.05) is 46.9 Å². The topological polar surface area (TPSA) is 15.3 Å². The molecule has 0 spiro atoms. The smallest absolute Gasteiger partial charge is 0.0328 e. The van der Waals surface area contributed by atoms with Crippen LogP contribution in [0.3, 0.4) is 0 Å². The Kier molecular flexibility index (Phi) is 6.71. The molecule has 0 aromatic carbocycles. The van der Waals surface area contributed by atoms with Crippen molar-refractivity contribution in [3.63, 3.8) is 0 Å². The lowest BCUT2D eigenvalue weighted by Gasteiger charge is -2.31. The van der Waals surface area contributed by atoms with Crippen molar-refractivity contribution < 1.29 is 0 Å². The lowest BCUT2D eigenvalue weighted by Crippen LogP contribution is -2.36. The monoisotopic (exact) mass is 298 g/mol. The fraction of sp³-hybridized carbons (Fsp3) is 0.733. The highest BCUT2D eigenvalue weighted by molar-refractivity contribution is 8.00. The third kappa shape index (κ3) is 5.10. The molecular formula is C15H26N2S2. The summed E-state index contributed by atoms with van der Waals surface area (Å²) in [6.07, 6.45) is 2.51. The van der Waals surface area contributed by atoms with Gasteiger partial charge in [-0.3, -0.25) is 4.90 Å². The van der Waals surface area contributed by atoms with E-state index in [2.05, 4.69) is 48.0 Å². The minimum Gasteiger partial charge on any atom is -0.312 e. The Morgan fingerprint density at radius 1 is 1.32 bits per heavy atom. The third-order valence-corrected chi connectivity index (χ3v) is 5.94. The number of nitrogens with one attached hydrogen (secondary N) is 1. The van der Waals surface area contributed by atoms with E-state index >= 15 is 0 Å². The average molecular weight is 299 g/mol. The first-order valence-corrected chi connectivity index (χ1v) is 9.30. The van der Waals surface area contributed by atoms with Crippen molar-refractivity contribution in [1.29, 1.82) is 0 Å². The zero-order chi connectivity index (χ0) is 13.5. The number of thioether (sulfide) groups is 1. The van der Waals surface area contributed by atoms with Gasteiger partial charge in [0.2, 0.25) is 0 Å². The Balaban J connectivity index is 1.78. The maximum absolute atomic E-state index is 3.48. The average Bonchev–Trinajstić information content (AvgIpc) is 2.87. The fourth-order valence-electron chi connectivity index (χ4n) is 2.38. The van der Waals surface area contributed by atoms with Gasteiger partial charge in [0.25, 0.3) is 0 Å². The van der Waals surface area contributed by atoms with E-state index in [1.807, 2.05) is 11.3 Å². The minimum absolute atomic E-state index is 0.847. The van der Waals surface area contributed by atoms with Crippen LogP contribution in [-0.4, -0.2) is 35.5 Å².